The van der Waals surface area contributed by atoms with Crippen LogP contribution in [0, 0.1) is 17.2 Å². The van der Waals surface area contributed by atoms with Gasteiger partial charge in [-0.05, 0) is 19.8 Å². The van der Waals surface area contributed by atoms with Gasteiger partial charge >= 0.3 is 0 Å². The van der Waals surface area contributed by atoms with E-state index in [1.807, 2.05) is 18.4 Å². The Hall–Kier alpha value is -1.63. The molecule has 2 N–H and O–H groups in total. The Morgan fingerprint density at radius 2 is 2.06 bits per heavy atom. The first-order chi connectivity index (χ1) is 7.45. The fourth-order valence-electron chi connectivity index (χ4n) is 1.55. The van der Waals surface area contributed by atoms with Crippen molar-refractivity contribution in [2.45, 2.75) is 40.3 Å². The smallest absolute Gasteiger partial charge is 0.218 e. The topological polar surface area (TPSA) is 64.0 Å². The summed E-state index contributed by atoms with van der Waals surface area (Å²) in [5, 5.41) is 9.02. The molecule has 0 fully saturated rings. The van der Waals surface area contributed by atoms with Crippen molar-refractivity contribution in [3.8, 4) is 11.9 Å². The first-order valence-corrected chi connectivity index (χ1v) is 5.51. The molecule has 0 saturated carbocycles. The van der Waals surface area contributed by atoms with Gasteiger partial charge in [-0.3, -0.25) is 0 Å². The van der Waals surface area contributed by atoms with Crippen LogP contribution in [0.4, 0.5) is 5.69 Å². The summed E-state index contributed by atoms with van der Waals surface area (Å²) >= 11 is 0. The van der Waals surface area contributed by atoms with E-state index < -0.39 is 0 Å². The summed E-state index contributed by atoms with van der Waals surface area (Å²) in [5.41, 5.74) is 6.94. The third-order valence-corrected chi connectivity index (χ3v) is 2.08. The summed E-state index contributed by atoms with van der Waals surface area (Å²) < 4.78 is 7.49. The van der Waals surface area contributed by atoms with Gasteiger partial charge in [-0.1, -0.05) is 13.8 Å². The van der Waals surface area contributed by atoms with Crippen molar-refractivity contribution in [2.24, 2.45) is 5.92 Å². The van der Waals surface area contributed by atoms with Gasteiger partial charge in [0.15, 0.2) is 0 Å². The Bertz CT molecular complexity index is 399. The zero-order valence-electron chi connectivity index (χ0n) is 10.3. The highest BCUT2D eigenvalue weighted by atomic mass is 16.5. The number of nitrogens with zero attached hydrogens (tertiary/aromatic N) is 2. The molecule has 0 aliphatic rings. The van der Waals surface area contributed by atoms with Crippen LogP contribution in [0.3, 0.4) is 0 Å². The molecule has 0 aromatic carbocycles. The molecule has 0 aliphatic carbocycles. The van der Waals surface area contributed by atoms with Gasteiger partial charge in [-0.25, -0.2) is 0 Å². The summed E-state index contributed by atoms with van der Waals surface area (Å²) in [6, 6.07) is 3.81. The number of nitrogens with two attached hydrogens (primary N) is 1. The molecule has 16 heavy (non-hydrogen) atoms. The molecule has 88 valence electrons. The van der Waals surface area contributed by atoms with Gasteiger partial charge in [0.05, 0.1) is 11.8 Å². The van der Waals surface area contributed by atoms with Gasteiger partial charge in [0.2, 0.25) is 5.88 Å². The molecule has 1 heterocycles. The Balaban J connectivity index is 3.13. The highest BCUT2D eigenvalue weighted by Crippen LogP contribution is 2.28. The van der Waals surface area contributed by atoms with Crippen molar-refractivity contribution < 1.29 is 4.74 Å². The van der Waals surface area contributed by atoms with Crippen molar-refractivity contribution in [2.75, 3.05) is 5.73 Å². The molecule has 4 nitrogen and oxygen atoms in total. The molecule has 0 saturated heterocycles. The van der Waals surface area contributed by atoms with E-state index in [-0.39, 0.29) is 6.10 Å². The minimum absolute atomic E-state index is 0.0506. The summed E-state index contributed by atoms with van der Waals surface area (Å²) in [5.74, 6) is 1.05. The Morgan fingerprint density at radius 1 is 1.44 bits per heavy atom. The van der Waals surface area contributed by atoms with E-state index >= 15 is 0 Å². The monoisotopic (exact) mass is 221 g/mol. The highest BCUT2D eigenvalue weighted by molar-refractivity contribution is 5.55. The van der Waals surface area contributed by atoms with Gasteiger partial charge in [0, 0.05) is 12.6 Å². The fraction of sp³-hybridized carbons (Fsp3) is 0.583. The lowest BCUT2D eigenvalue weighted by atomic mass is 10.2. The zero-order valence-corrected chi connectivity index (χ0v) is 10.3. The van der Waals surface area contributed by atoms with Crippen LogP contribution in [0.1, 0.15) is 33.4 Å². The average molecular weight is 221 g/mol. The van der Waals surface area contributed by atoms with Crippen LogP contribution in [-0.4, -0.2) is 10.7 Å². The number of hydrogen-bond donors (Lipinski definition) is 1. The van der Waals surface area contributed by atoms with Crippen molar-refractivity contribution in [1.82, 2.24) is 4.57 Å². The second kappa shape index (κ2) is 4.93. The molecule has 1 aromatic rings. The number of rotatable bonds is 4. The lowest BCUT2D eigenvalue weighted by Crippen LogP contribution is -2.14. The van der Waals surface area contributed by atoms with E-state index in [0.29, 0.717) is 23.2 Å². The van der Waals surface area contributed by atoms with E-state index in [9.17, 15) is 0 Å². The maximum atomic E-state index is 9.02. The molecule has 0 aliphatic heterocycles. The lowest BCUT2D eigenvalue weighted by molar-refractivity contribution is 0.220. The molecule has 0 spiro atoms. The lowest BCUT2D eigenvalue weighted by Gasteiger charge is -2.16. The van der Waals surface area contributed by atoms with Crippen LogP contribution in [0.15, 0.2) is 6.07 Å². The fourth-order valence-corrected chi connectivity index (χ4v) is 1.55. The number of hydrogen-bond acceptors (Lipinski definition) is 3. The summed E-state index contributed by atoms with van der Waals surface area (Å²) in [4.78, 5) is 0. The SMILES string of the molecule is CC(C)Cn1c(C#N)cc(N)c1OC(C)C. The maximum Gasteiger partial charge on any atom is 0.218 e. The van der Waals surface area contributed by atoms with Crippen molar-refractivity contribution in [3.05, 3.63) is 11.8 Å². The summed E-state index contributed by atoms with van der Waals surface area (Å²) in [6.07, 6.45) is 0.0506. The first kappa shape index (κ1) is 12.4. The minimum Gasteiger partial charge on any atom is -0.475 e. The van der Waals surface area contributed by atoms with Crippen LogP contribution < -0.4 is 10.5 Å². The molecule has 1 rings (SSSR count). The predicted octanol–water partition coefficient (Wildman–Crippen LogP) is 2.39. The van der Waals surface area contributed by atoms with Crippen LogP contribution in [0.25, 0.3) is 0 Å². The summed E-state index contributed by atoms with van der Waals surface area (Å²) in [6.45, 7) is 8.81. The molecule has 1 aromatic heterocycles. The molecule has 0 amide bonds. The predicted molar refractivity (Wildman–Crippen MR) is 64.2 cm³/mol. The van der Waals surface area contributed by atoms with E-state index in [1.165, 1.54) is 0 Å². The quantitative estimate of drug-likeness (QED) is 0.849. The van der Waals surface area contributed by atoms with E-state index in [2.05, 4.69) is 19.9 Å². The van der Waals surface area contributed by atoms with Crippen LogP contribution in [0.5, 0.6) is 5.88 Å². The van der Waals surface area contributed by atoms with E-state index in [0.717, 1.165) is 6.54 Å². The third-order valence-electron chi connectivity index (χ3n) is 2.08. The Morgan fingerprint density at radius 3 is 2.50 bits per heavy atom. The van der Waals surface area contributed by atoms with Crippen LogP contribution >= 0.6 is 0 Å². The number of nitrogen functional groups attached to an aromatic ring is 1. The molecule has 0 unspecified atom stereocenters. The molecule has 0 radical (unpaired) electrons. The highest BCUT2D eigenvalue weighted by Gasteiger charge is 2.16. The van der Waals surface area contributed by atoms with Crippen molar-refractivity contribution in [1.29, 1.82) is 5.26 Å². The van der Waals surface area contributed by atoms with Crippen LogP contribution in [0.2, 0.25) is 0 Å². The van der Waals surface area contributed by atoms with Crippen molar-refractivity contribution >= 4 is 5.69 Å². The molecular weight excluding hydrogens is 202 g/mol. The molecule has 0 bridgehead atoms. The van der Waals surface area contributed by atoms with Gasteiger partial charge in [0.25, 0.3) is 0 Å². The molecule has 4 heteroatoms. The third kappa shape index (κ3) is 2.69. The van der Waals surface area contributed by atoms with Gasteiger partial charge in [0.1, 0.15) is 11.8 Å². The second-order valence-electron chi connectivity index (χ2n) is 4.57. The first-order valence-electron chi connectivity index (χ1n) is 5.51. The number of aromatic nitrogens is 1. The van der Waals surface area contributed by atoms with E-state index in [1.54, 1.807) is 6.07 Å². The minimum atomic E-state index is 0.0506. The normalized spacial score (nSPS) is 10.8. The van der Waals surface area contributed by atoms with Gasteiger partial charge in [-0.2, -0.15) is 5.26 Å². The van der Waals surface area contributed by atoms with Crippen LogP contribution in [-0.2, 0) is 6.54 Å². The van der Waals surface area contributed by atoms with Gasteiger partial charge < -0.3 is 15.0 Å². The van der Waals surface area contributed by atoms with E-state index in [4.69, 9.17) is 15.7 Å². The number of nitriles is 1. The molecule has 0 atom stereocenters. The maximum absolute atomic E-state index is 9.02. The zero-order chi connectivity index (χ0) is 12.3. The standard InChI is InChI=1S/C12H19N3O/c1-8(2)7-15-10(6-13)5-11(14)12(15)16-9(3)4/h5,8-9H,7,14H2,1-4H3. The largest absolute Gasteiger partial charge is 0.475 e. The number of anilines is 1. The average Bonchev–Trinajstić information content (AvgIpc) is 2.44. The molecular formula is C12H19N3O. The second-order valence-corrected chi connectivity index (χ2v) is 4.57. The van der Waals surface area contributed by atoms with Gasteiger partial charge in [-0.15, -0.1) is 0 Å². The Kier molecular flexibility index (Phi) is 3.83. The summed E-state index contributed by atoms with van der Waals surface area (Å²) in [7, 11) is 0. The number of ether oxygens (including phenoxy) is 1. The van der Waals surface area contributed by atoms with Crippen molar-refractivity contribution in [3.63, 3.8) is 0 Å². The Labute approximate surface area is 96.6 Å².